The van der Waals surface area contributed by atoms with Gasteiger partial charge in [-0.2, -0.15) is 4.58 Å². The molecule has 2 aliphatic rings. The molecule has 1 atom stereocenters. The number of hydrogen-bond acceptors (Lipinski definition) is 11. The molecule has 0 saturated carbocycles. The van der Waals surface area contributed by atoms with Crippen molar-refractivity contribution in [3.8, 4) is 5.00 Å². The lowest BCUT2D eigenvalue weighted by molar-refractivity contribution is -0.401. The first-order valence-electron chi connectivity index (χ1n) is 28.4. The zero-order chi connectivity index (χ0) is 58.5. The third kappa shape index (κ3) is 16.5. The van der Waals surface area contributed by atoms with Crippen LogP contribution in [0, 0.1) is 32.1 Å². The Morgan fingerprint density at radius 2 is 1.49 bits per heavy atom. The number of rotatable bonds is 30. The molecule has 4 heterocycles. The number of allylic oxidation sites excluding steroid dienone is 6. The zero-order valence-corrected chi connectivity index (χ0v) is 50.3. The molecule has 0 saturated heterocycles. The Morgan fingerprint density at radius 1 is 0.827 bits per heavy atom. The van der Waals surface area contributed by atoms with Crippen molar-refractivity contribution in [2.45, 2.75) is 112 Å². The Labute approximate surface area is 484 Å². The van der Waals surface area contributed by atoms with Crippen molar-refractivity contribution in [1.29, 1.82) is 5.41 Å². The number of carbonyl (C=O) groups is 3. The summed E-state index contributed by atoms with van der Waals surface area (Å²) >= 11 is 1.67. The second kappa shape index (κ2) is 30.6. The predicted molar refractivity (Wildman–Crippen MR) is 329 cm³/mol. The number of nitrogens with zero attached hydrogens (tertiary/aromatic N) is 5. The number of amides is 3. The number of unbranched alkanes of at least 4 members (excludes halogenated alkanes) is 2. The Bertz CT molecular complexity index is 3070. The van der Waals surface area contributed by atoms with Gasteiger partial charge in [-0.1, -0.05) is 114 Å². The summed E-state index contributed by atoms with van der Waals surface area (Å²) in [7, 11) is 2.15. The van der Waals surface area contributed by atoms with Crippen LogP contribution in [0.25, 0.3) is 5.00 Å². The van der Waals surface area contributed by atoms with Crippen LogP contribution in [0.1, 0.15) is 118 Å². The number of nitrogens with one attached hydrogen (secondary N) is 4. The average Bonchev–Trinajstić information content (AvgIpc) is 3.29. The van der Waals surface area contributed by atoms with E-state index >= 15 is 0 Å². The average molecular weight is 1120 g/mol. The molecule has 15 nitrogen and oxygen atoms in total. The lowest BCUT2D eigenvalue weighted by Gasteiger charge is -2.27. The predicted octanol–water partition coefficient (Wildman–Crippen LogP) is 11.3. The summed E-state index contributed by atoms with van der Waals surface area (Å²) in [4.78, 5) is 37.7. The van der Waals surface area contributed by atoms with E-state index in [0.717, 1.165) is 72.0 Å². The number of ether oxygens (including phenoxy) is 3. The van der Waals surface area contributed by atoms with Gasteiger partial charge in [-0.05, 0) is 94.9 Å². The second-order valence-corrected chi connectivity index (χ2v) is 22.8. The maximum Gasteiger partial charge on any atom is 0.247 e. The fourth-order valence-electron chi connectivity index (χ4n) is 10.2. The summed E-state index contributed by atoms with van der Waals surface area (Å²) in [5.74, 6) is 2.07. The first-order chi connectivity index (χ1) is 39.0. The molecule has 2 aromatic heterocycles. The Balaban J connectivity index is 0.000000291. The standard InChI is InChI=1S/C41H56N4O5.C24H29N5OS/c1-40(2)33-16-11-13-18-35(33)44(5)37(40)20-8-6-9-21-38-41(3,4)34-17-12-14-19-36(34)45(38)25-15-7-10-22-39(47)43-24-27-49-29-31-50-30-28-48-26-23-42-32-46;1-7-14(3)13-20-28-27-17(6)29(20)24-22(15(4)16(5)31-24)23(25)18-9-11-19(12-10-18)26-21(30)8-2/h6,8-9,11-14,16-21,32H,7,10,15,22-31H2,1-5H3,(H-,42,43,46,47);8-12,14,25H,2,7,13H2,1,3-6H3,(H,26,30)/p+1. The van der Waals surface area contributed by atoms with Crippen molar-refractivity contribution >= 4 is 58.0 Å². The number of anilines is 2. The molecule has 1 unspecified atom stereocenters. The number of aryl methyl sites for hydroxylation is 2. The number of aromatic nitrogens is 3. The zero-order valence-electron chi connectivity index (χ0n) is 49.5. The van der Waals surface area contributed by atoms with E-state index in [9.17, 15) is 14.4 Å². The van der Waals surface area contributed by atoms with Gasteiger partial charge in [-0.3, -0.25) is 24.4 Å². The Kier molecular flexibility index (Phi) is 23.9. The minimum absolute atomic E-state index is 0.0412. The molecule has 4 N–H and O–H groups in total. The van der Waals surface area contributed by atoms with Gasteiger partial charge in [0.2, 0.25) is 23.9 Å². The summed E-state index contributed by atoms with van der Waals surface area (Å²) < 4.78 is 20.7. The van der Waals surface area contributed by atoms with E-state index in [0.29, 0.717) is 82.9 Å². The van der Waals surface area contributed by atoms with Gasteiger partial charge >= 0.3 is 0 Å². The van der Waals surface area contributed by atoms with E-state index in [1.807, 2.05) is 19.1 Å². The van der Waals surface area contributed by atoms with Gasteiger partial charge in [0.25, 0.3) is 0 Å². The molecule has 0 spiro atoms. The smallest absolute Gasteiger partial charge is 0.247 e. The third-order valence-corrected chi connectivity index (χ3v) is 16.3. The van der Waals surface area contributed by atoms with Crippen LogP contribution in [0.3, 0.4) is 0 Å². The maximum atomic E-state index is 12.4. The molecule has 81 heavy (non-hydrogen) atoms. The fourth-order valence-corrected chi connectivity index (χ4v) is 11.5. The molecular formula is C65H86N9O6S+. The Morgan fingerprint density at radius 3 is 2.17 bits per heavy atom. The van der Waals surface area contributed by atoms with Gasteiger partial charge in [0.1, 0.15) is 23.7 Å². The van der Waals surface area contributed by atoms with Crippen molar-refractivity contribution < 1.29 is 33.2 Å². The molecule has 0 bridgehead atoms. The van der Waals surface area contributed by atoms with E-state index in [4.69, 9.17) is 19.6 Å². The molecule has 0 aliphatic carbocycles. The summed E-state index contributed by atoms with van der Waals surface area (Å²) in [6.07, 6.45) is 18.1. The van der Waals surface area contributed by atoms with Gasteiger partial charge in [0, 0.05) is 88.7 Å². The Hall–Kier alpha value is -7.11. The van der Waals surface area contributed by atoms with E-state index in [1.165, 1.54) is 44.9 Å². The van der Waals surface area contributed by atoms with Crippen LogP contribution < -0.4 is 20.9 Å². The third-order valence-electron chi connectivity index (χ3n) is 15.1. The van der Waals surface area contributed by atoms with Crippen LogP contribution in [0.2, 0.25) is 0 Å². The van der Waals surface area contributed by atoms with E-state index in [1.54, 1.807) is 23.5 Å². The molecule has 3 amide bonds. The first kappa shape index (κ1) is 63.1. The SMILES string of the molecule is C=CC(=O)Nc1ccc(C(=N)c2c(-n3c(C)nnc3CC(C)CC)sc(C)c2C)cc1.C[N+]1=C(/C=C/C=C/C=C2/N(CCCCCC(=O)NCCOCCOCCOCCNC=O)c3ccccc3C2(C)C)C(C)(C)c2ccccc21. The molecule has 2 aliphatic heterocycles. The molecule has 0 fully saturated rings. The normalized spacial score (nSPS) is 14.9. The topological polar surface area (TPSA) is 176 Å². The molecule has 432 valence electrons. The summed E-state index contributed by atoms with van der Waals surface area (Å²) in [6.45, 7) is 27.9. The highest BCUT2D eigenvalue weighted by molar-refractivity contribution is 7.15. The van der Waals surface area contributed by atoms with Crippen molar-refractivity contribution in [2.24, 2.45) is 5.92 Å². The summed E-state index contributed by atoms with van der Waals surface area (Å²) in [5, 5.41) is 27.0. The summed E-state index contributed by atoms with van der Waals surface area (Å²) in [6, 6.07) is 24.7. The van der Waals surface area contributed by atoms with Gasteiger partial charge < -0.3 is 35.1 Å². The van der Waals surface area contributed by atoms with Gasteiger partial charge in [-0.15, -0.1) is 21.5 Å². The number of para-hydroxylation sites is 2. The molecule has 16 heteroatoms. The highest BCUT2D eigenvalue weighted by Gasteiger charge is 2.42. The van der Waals surface area contributed by atoms with Gasteiger partial charge in [-0.25, -0.2) is 0 Å². The van der Waals surface area contributed by atoms with Gasteiger partial charge in [0.15, 0.2) is 5.71 Å². The highest BCUT2D eigenvalue weighted by Crippen LogP contribution is 2.48. The van der Waals surface area contributed by atoms with Crippen LogP contribution >= 0.6 is 11.3 Å². The maximum absolute atomic E-state index is 12.4. The summed E-state index contributed by atoms with van der Waals surface area (Å²) in [5.41, 5.74) is 11.6. The van der Waals surface area contributed by atoms with Gasteiger partial charge in [0.05, 0.1) is 50.8 Å². The van der Waals surface area contributed by atoms with Crippen LogP contribution in [0.15, 0.2) is 122 Å². The molecular weight excluding hydrogens is 1030 g/mol. The van der Waals surface area contributed by atoms with E-state index in [-0.39, 0.29) is 22.6 Å². The number of fused-ring (bicyclic) bond motifs is 2. The van der Waals surface area contributed by atoms with Crippen molar-refractivity contribution in [1.82, 2.24) is 25.4 Å². The van der Waals surface area contributed by atoms with Crippen LogP contribution in [0.4, 0.5) is 17.1 Å². The van der Waals surface area contributed by atoms with E-state index in [2.05, 4.69) is 188 Å². The van der Waals surface area contributed by atoms with Crippen molar-refractivity contribution in [3.63, 3.8) is 0 Å². The number of benzene rings is 3. The molecule has 7 rings (SSSR count). The van der Waals surface area contributed by atoms with E-state index < -0.39 is 0 Å². The largest absolute Gasteiger partial charge is 0.377 e. The molecule has 5 aromatic rings. The minimum atomic E-state index is -0.258. The van der Waals surface area contributed by atoms with Crippen LogP contribution in [-0.2, 0) is 45.8 Å². The lowest BCUT2D eigenvalue weighted by Crippen LogP contribution is -2.28. The highest BCUT2D eigenvalue weighted by atomic mass is 32.1. The molecule has 3 aromatic carbocycles. The number of hydrogen-bond donors (Lipinski definition) is 4. The fraction of sp³-hybridized carbons (Fsp3) is 0.431. The minimum Gasteiger partial charge on any atom is -0.377 e. The monoisotopic (exact) mass is 1120 g/mol. The number of carbonyl (C=O) groups excluding carboxylic acids is 3. The number of thiophene rings is 1. The lowest BCUT2D eigenvalue weighted by atomic mass is 9.81. The molecule has 0 radical (unpaired) electrons. The quantitative estimate of drug-likeness (QED) is 0.00871. The van der Waals surface area contributed by atoms with Crippen LogP contribution in [0.5, 0.6) is 0 Å². The van der Waals surface area contributed by atoms with Crippen LogP contribution in [-0.4, -0.2) is 115 Å². The first-order valence-corrected chi connectivity index (χ1v) is 29.2. The second-order valence-electron chi connectivity index (χ2n) is 21.6. The van der Waals surface area contributed by atoms with Crippen molar-refractivity contribution in [3.05, 3.63) is 166 Å². The van der Waals surface area contributed by atoms with Crippen molar-refractivity contribution in [2.75, 3.05) is 76.5 Å².